The Morgan fingerprint density at radius 2 is 2.00 bits per heavy atom. The van der Waals surface area contributed by atoms with Gasteiger partial charge in [-0.2, -0.15) is 8.42 Å². The molecule has 1 aromatic rings. The van der Waals surface area contributed by atoms with E-state index in [2.05, 4.69) is 20.1 Å². The molecule has 0 saturated carbocycles. The van der Waals surface area contributed by atoms with Crippen LogP contribution in [0.5, 0.6) is 0 Å². The van der Waals surface area contributed by atoms with Gasteiger partial charge in [0.2, 0.25) is 0 Å². The zero-order chi connectivity index (χ0) is 10.1. The van der Waals surface area contributed by atoms with Crippen LogP contribution in [0.15, 0.2) is 27.6 Å². The molecule has 0 N–H and O–H groups in total. The van der Waals surface area contributed by atoms with Crippen LogP contribution < -0.4 is 0 Å². The van der Waals surface area contributed by atoms with Crippen LogP contribution in [-0.2, 0) is 14.3 Å². The predicted octanol–water partition coefficient (Wildman–Crippen LogP) is 2.09. The molecule has 5 heteroatoms. The highest BCUT2D eigenvalue weighted by atomic mass is 79.9. The minimum Gasteiger partial charge on any atom is -0.270 e. The normalized spacial score (nSPS) is 11.6. The summed E-state index contributed by atoms with van der Waals surface area (Å²) in [6, 6.07) is 5.16. The molecule has 1 aromatic carbocycles. The largest absolute Gasteiger partial charge is 0.298 e. The van der Waals surface area contributed by atoms with Gasteiger partial charge in [-0.3, -0.25) is 4.18 Å². The average Bonchev–Trinajstić information content (AvgIpc) is 2.03. The van der Waals surface area contributed by atoms with Crippen molar-refractivity contribution in [2.45, 2.75) is 11.8 Å². The summed E-state index contributed by atoms with van der Waals surface area (Å²) in [6.45, 7) is 1.72. The zero-order valence-corrected chi connectivity index (χ0v) is 9.65. The van der Waals surface area contributed by atoms with Crippen molar-refractivity contribution in [2.24, 2.45) is 0 Å². The maximum atomic E-state index is 11.4. The van der Waals surface area contributed by atoms with Gasteiger partial charge in [0, 0.05) is 4.47 Å². The van der Waals surface area contributed by atoms with Gasteiger partial charge in [0.25, 0.3) is 10.1 Å². The van der Waals surface area contributed by atoms with E-state index in [1.54, 1.807) is 25.1 Å². The maximum Gasteiger partial charge on any atom is 0.298 e. The minimum atomic E-state index is -3.61. The first kappa shape index (κ1) is 10.7. The quantitative estimate of drug-likeness (QED) is 0.769. The van der Waals surface area contributed by atoms with Gasteiger partial charge in [-0.15, -0.1) is 0 Å². The lowest BCUT2D eigenvalue weighted by molar-refractivity contribution is 0.397. The summed E-state index contributed by atoms with van der Waals surface area (Å²) in [5, 5.41) is 0. The molecule has 13 heavy (non-hydrogen) atoms. The molecule has 0 saturated heterocycles. The molecule has 72 valence electrons. The van der Waals surface area contributed by atoms with E-state index < -0.39 is 10.1 Å². The van der Waals surface area contributed by atoms with E-state index in [0.29, 0.717) is 10.0 Å². The topological polar surface area (TPSA) is 43.4 Å². The molecule has 0 aromatic heterocycles. The van der Waals surface area contributed by atoms with Crippen LogP contribution in [-0.4, -0.2) is 15.5 Å². The van der Waals surface area contributed by atoms with Crippen molar-refractivity contribution in [3.63, 3.8) is 0 Å². The van der Waals surface area contributed by atoms with Gasteiger partial charge in [-0.25, -0.2) is 0 Å². The van der Waals surface area contributed by atoms with Crippen molar-refractivity contribution in [3.05, 3.63) is 28.2 Å². The van der Waals surface area contributed by atoms with Crippen LogP contribution in [0, 0.1) is 6.92 Å². The Hall–Kier alpha value is -0.390. The summed E-state index contributed by atoms with van der Waals surface area (Å²) in [5.41, 5.74) is 0.663. The first-order valence-electron chi connectivity index (χ1n) is 3.55. The SMILES string of the molecule is COS(=O)(=O)c1c(C)cccc1Br. The highest BCUT2D eigenvalue weighted by Gasteiger charge is 2.18. The molecule has 0 spiro atoms. The molecular formula is C8H9BrO3S. The van der Waals surface area contributed by atoms with Gasteiger partial charge in [-0.1, -0.05) is 12.1 Å². The van der Waals surface area contributed by atoms with Crippen LogP contribution in [0.3, 0.4) is 0 Å². The summed E-state index contributed by atoms with van der Waals surface area (Å²) < 4.78 is 27.7. The fourth-order valence-electron chi connectivity index (χ4n) is 1.02. The number of benzene rings is 1. The Balaban J connectivity index is 3.46. The molecule has 0 aliphatic heterocycles. The monoisotopic (exact) mass is 264 g/mol. The van der Waals surface area contributed by atoms with Gasteiger partial charge >= 0.3 is 0 Å². The summed E-state index contributed by atoms with van der Waals surface area (Å²) >= 11 is 3.16. The van der Waals surface area contributed by atoms with E-state index in [0.717, 1.165) is 7.11 Å². The van der Waals surface area contributed by atoms with Crippen molar-refractivity contribution in [2.75, 3.05) is 7.11 Å². The van der Waals surface area contributed by atoms with Crippen LogP contribution in [0.25, 0.3) is 0 Å². The molecule has 3 nitrogen and oxygen atoms in total. The highest BCUT2D eigenvalue weighted by molar-refractivity contribution is 9.10. The third-order valence-electron chi connectivity index (χ3n) is 1.63. The van der Waals surface area contributed by atoms with E-state index in [-0.39, 0.29) is 4.90 Å². The standard InChI is InChI=1S/C8H9BrO3S/c1-6-4-3-5-7(9)8(6)13(10,11)12-2/h3-5H,1-2H3. The lowest BCUT2D eigenvalue weighted by Gasteiger charge is -2.06. The Morgan fingerprint density at radius 3 is 2.46 bits per heavy atom. The van der Waals surface area contributed by atoms with E-state index in [4.69, 9.17) is 0 Å². The van der Waals surface area contributed by atoms with Gasteiger partial charge in [-0.05, 0) is 34.5 Å². The Kier molecular flexibility index (Phi) is 3.10. The zero-order valence-electron chi connectivity index (χ0n) is 7.24. The van der Waals surface area contributed by atoms with E-state index in [1.807, 2.05) is 0 Å². The lowest BCUT2D eigenvalue weighted by atomic mass is 10.2. The molecule has 0 fully saturated rings. The molecule has 0 unspecified atom stereocenters. The average molecular weight is 265 g/mol. The van der Waals surface area contributed by atoms with Crippen LogP contribution in [0.1, 0.15) is 5.56 Å². The molecule has 0 bridgehead atoms. The van der Waals surface area contributed by atoms with Crippen LogP contribution in [0.2, 0.25) is 0 Å². The van der Waals surface area contributed by atoms with Crippen LogP contribution in [0.4, 0.5) is 0 Å². The maximum absolute atomic E-state index is 11.4. The Bertz CT molecular complexity index is 391. The van der Waals surface area contributed by atoms with E-state index >= 15 is 0 Å². The smallest absolute Gasteiger partial charge is 0.270 e. The number of hydrogen-bond donors (Lipinski definition) is 0. The number of halogens is 1. The van der Waals surface area contributed by atoms with E-state index in [1.165, 1.54) is 0 Å². The predicted molar refractivity (Wildman–Crippen MR) is 53.1 cm³/mol. The molecule has 0 atom stereocenters. The Labute approximate surface area is 86.0 Å². The van der Waals surface area contributed by atoms with Crippen molar-refractivity contribution >= 4 is 26.0 Å². The van der Waals surface area contributed by atoms with Gasteiger partial charge in [0.15, 0.2) is 0 Å². The molecule has 0 heterocycles. The fraction of sp³-hybridized carbons (Fsp3) is 0.250. The van der Waals surface area contributed by atoms with E-state index in [9.17, 15) is 8.42 Å². The molecule has 1 rings (SSSR count). The second-order valence-electron chi connectivity index (χ2n) is 2.51. The lowest BCUT2D eigenvalue weighted by Crippen LogP contribution is -2.05. The molecular weight excluding hydrogens is 256 g/mol. The fourth-order valence-corrected chi connectivity index (χ4v) is 3.01. The summed E-state index contributed by atoms with van der Waals surface area (Å²) in [4.78, 5) is 0.192. The van der Waals surface area contributed by atoms with Crippen molar-refractivity contribution in [1.29, 1.82) is 0 Å². The molecule has 0 aliphatic rings. The highest BCUT2D eigenvalue weighted by Crippen LogP contribution is 2.26. The second-order valence-corrected chi connectivity index (χ2v) is 5.01. The summed E-state index contributed by atoms with van der Waals surface area (Å²) in [6.07, 6.45) is 0. The Morgan fingerprint density at radius 1 is 1.38 bits per heavy atom. The van der Waals surface area contributed by atoms with Gasteiger partial charge in [0.1, 0.15) is 4.90 Å². The van der Waals surface area contributed by atoms with Crippen molar-refractivity contribution in [3.8, 4) is 0 Å². The van der Waals surface area contributed by atoms with Gasteiger partial charge < -0.3 is 0 Å². The number of hydrogen-bond acceptors (Lipinski definition) is 3. The van der Waals surface area contributed by atoms with Crippen molar-refractivity contribution < 1.29 is 12.6 Å². The molecule has 0 amide bonds. The molecule has 0 radical (unpaired) electrons. The van der Waals surface area contributed by atoms with Crippen LogP contribution >= 0.6 is 15.9 Å². The van der Waals surface area contributed by atoms with Crippen molar-refractivity contribution in [1.82, 2.24) is 0 Å². The number of rotatable bonds is 2. The summed E-state index contributed by atoms with van der Waals surface area (Å²) in [7, 11) is -2.46. The van der Waals surface area contributed by atoms with Gasteiger partial charge in [0.05, 0.1) is 7.11 Å². The minimum absolute atomic E-state index is 0.192. The second kappa shape index (κ2) is 3.77. The molecule has 0 aliphatic carbocycles. The first-order chi connectivity index (χ1) is 5.99. The number of aryl methyl sites for hydroxylation is 1. The third-order valence-corrected chi connectivity index (χ3v) is 4.04. The summed E-state index contributed by atoms with van der Waals surface area (Å²) in [5.74, 6) is 0. The third kappa shape index (κ3) is 2.10. The first-order valence-corrected chi connectivity index (χ1v) is 5.75.